The van der Waals surface area contributed by atoms with Crippen molar-refractivity contribution in [1.82, 2.24) is 0 Å². The summed E-state index contributed by atoms with van der Waals surface area (Å²) in [4.78, 5) is 25.8. The molecular weight excluding hydrogens is 400 g/mol. The van der Waals surface area contributed by atoms with Gasteiger partial charge in [-0.3, -0.25) is 9.59 Å². The zero-order valence-electron chi connectivity index (χ0n) is 18.0. The fourth-order valence-corrected chi connectivity index (χ4v) is 3.84. The average molecular weight is 426 g/mol. The number of methoxy groups -OCH3 is 3. The summed E-state index contributed by atoms with van der Waals surface area (Å²) >= 11 is 0. The van der Waals surface area contributed by atoms with Crippen molar-refractivity contribution in [3.63, 3.8) is 0 Å². The first kappa shape index (κ1) is 22.4. The zero-order valence-corrected chi connectivity index (χ0v) is 18.0. The molecule has 2 aromatic carbocycles. The van der Waals surface area contributed by atoms with Crippen molar-refractivity contribution >= 4 is 11.8 Å². The Bertz CT molecular complexity index is 981. The molecule has 0 bridgehead atoms. The van der Waals surface area contributed by atoms with Crippen LogP contribution in [0.15, 0.2) is 59.9 Å². The van der Waals surface area contributed by atoms with Gasteiger partial charge in [-0.2, -0.15) is 0 Å². The molecule has 7 heteroatoms. The molecular formula is C24H26O7. The molecule has 3 atom stereocenters. The fourth-order valence-electron chi connectivity index (χ4n) is 3.84. The lowest BCUT2D eigenvalue weighted by atomic mass is 9.72. The second-order valence-electron chi connectivity index (χ2n) is 7.21. The number of aliphatic hydroxyl groups excluding tert-OH is 1. The highest BCUT2D eigenvalue weighted by Gasteiger charge is 2.49. The minimum absolute atomic E-state index is 0.129. The van der Waals surface area contributed by atoms with Crippen LogP contribution in [0.25, 0.3) is 0 Å². The standard InChI is InChI=1S/C24H26O7/c1-14-21(25)20(24(27)30-4)19(17-12-16(28-2)10-11-18(17)29-3)22(26)23(14)31-13-15-8-6-5-7-9-15/h5-12,19-20,22,26H,13H2,1-4H3/t19-,20-,22-/m1/s1. The number of hydrogen-bond acceptors (Lipinski definition) is 7. The van der Waals surface area contributed by atoms with Crippen molar-refractivity contribution in [2.75, 3.05) is 21.3 Å². The number of ether oxygens (including phenoxy) is 4. The number of esters is 1. The van der Waals surface area contributed by atoms with Gasteiger partial charge in [-0.15, -0.1) is 0 Å². The molecule has 7 nitrogen and oxygen atoms in total. The monoisotopic (exact) mass is 426 g/mol. The third kappa shape index (κ3) is 4.41. The molecule has 1 aliphatic carbocycles. The fraction of sp³-hybridized carbons (Fsp3) is 0.333. The molecule has 3 rings (SSSR count). The van der Waals surface area contributed by atoms with Gasteiger partial charge in [0.15, 0.2) is 5.78 Å². The smallest absolute Gasteiger partial charge is 0.317 e. The number of ketones is 1. The van der Waals surface area contributed by atoms with E-state index in [0.29, 0.717) is 17.1 Å². The summed E-state index contributed by atoms with van der Waals surface area (Å²) < 4.78 is 21.5. The lowest BCUT2D eigenvalue weighted by molar-refractivity contribution is -0.152. The Morgan fingerprint density at radius 1 is 1.03 bits per heavy atom. The number of hydrogen-bond donors (Lipinski definition) is 1. The Labute approximate surface area is 181 Å². The number of rotatable bonds is 7. The molecule has 0 amide bonds. The van der Waals surface area contributed by atoms with Crippen LogP contribution in [0, 0.1) is 5.92 Å². The van der Waals surface area contributed by atoms with Crippen LogP contribution in [0.2, 0.25) is 0 Å². The van der Waals surface area contributed by atoms with Gasteiger partial charge >= 0.3 is 5.97 Å². The predicted molar refractivity (Wildman–Crippen MR) is 113 cm³/mol. The number of benzene rings is 2. The summed E-state index contributed by atoms with van der Waals surface area (Å²) in [5, 5.41) is 11.3. The van der Waals surface area contributed by atoms with Crippen LogP contribution >= 0.6 is 0 Å². The molecule has 2 aromatic rings. The van der Waals surface area contributed by atoms with E-state index in [1.807, 2.05) is 30.3 Å². The van der Waals surface area contributed by atoms with Crippen LogP contribution in [-0.2, 0) is 25.7 Å². The van der Waals surface area contributed by atoms with E-state index in [-0.39, 0.29) is 17.9 Å². The SMILES string of the molecule is COC(=O)[C@H]1C(=O)C(C)=C(OCc2ccccc2)[C@H](O)[C@@H]1c1cc(OC)ccc1OC. The lowest BCUT2D eigenvalue weighted by Crippen LogP contribution is -2.43. The number of carbonyl (C=O) groups excluding carboxylic acids is 2. The van der Waals surface area contributed by atoms with E-state index in [0.717, 1.165) is 5.56 Å². The molecule has 1 aliphatic rings. The van der Waals surface area contributed by atoms with Crippen LogP contribution < -0.4 is 9.47 Å². The molecule has 0 saturated carbocycles. The van der Waals surface area contributed by atoms with Gasteiger partial charge in [0.2, 0.25) is 0 Å². The Balaban J connectivity index is 2.08. The normalized spacial score (nSPS) is 20.9. The summed E-state index contributed by atoms with van der Waals surface area (Å²) in [6.07, 6.45) is -1.27. The number of aliphatic hydroxyl groups is 1. The van der Waals surface area contributed by atoms with Gasteiger partial charge in [0, 0.05) is 17.1 Å². The molecule has 0 spiro atoms. The van der Waals surface area contributed by atoms with E-state index in [2.05, 4.69) is 0 Å². The number of allylic oxidation sites excluding steroid dienone is 1. The van der Waals surface area contributed by atoms with Crippen molar-refractivity contribution in [1.29, 1.82) is 0 Å². The van der Waals surface area contributed by atoms with E-state index in [1.165, 1.54) is 21.3 Å². The zero-order chi connectivity index (χ0) is 22.5. The minimum atomic E-state index is -1.27. The summed E-state index contributed by atoms with van der Waals surface area (Å²) in [6.45, 7) is 1.71. The Hall–Kier alpha value is -3.32. The first-order valence-corrected chi connectivity index (χ1v) is 9.82. The van der Waals surface area contributed by atoms with Crippen molar-refractivity contribution in [2.45, 2.75) is 25.6 Å². The Morgan fingerprint density at radius 2 is 1.74 bits per heavy atom. The maximum Gasteiger partial charge on any atom is 0.317 e. The molecule has 0 fully saturated rings. The van der Waals surface area contributed by atoms with Crippen molar-refractivity contribution < 1.29 is 33.6 Å². The van der Waals surface area contributed by atoms with Crippen molar-refractivity contribution in [3.05, 3.63) is 71.0 Å². The number of Topliss-reactive ketones (excluding diaryl/α,β-unsaturated/α-hetero) is 1. The van der Waals surface area contributed by atoms with Gasteiger partial charge in [-0.25, -0.2) is 0 Å². The largest absolute Gasteiger partial charge is 0.497 e. The van der Waals surface area contributed by atoms with E-state index >= 15 is 0 Å². The average Bonchev–Trinajstić information content (AvgIpc) is 2.80. The first-order valence-electron chi connectivity index (χ1n) is 9.82. The van der Waals surface area contributed by atoms with Gasteiger partial charge in [0.1, 0.15) is 35.9 Å². The van der Waals surface area contributed by atoms with E-state index in [1.54, 1.807) is 25.1 Å². The van der Waals surface area contributed by atoms with Gasteiger partial charge in [-0.1, -0.05) is 30.3 Å². The predicted octanol–water partition coefficient (Wildman–Crippen LogP) is 3.01. The van der Waals surface area contributed by atoms with Gasteiger partial charge < -0.3 is 24.1 Å². The third-order valence-electron chi connectivity index (χ3n) is 5.48. The summed E-state index contributed by atoms with van der Waals surface area (Å²) in [5.74, 6) is -2.38. The van der Waals surface area contributed by atoms with Crippen molar-refractivity contribution in [2.24, 2.45) is 5.92 Å². The Morgan fingerprint density at radius 3 is 2.35 bits per heavy atom. The molecule has 164 valence electrons. The van der Waals surface area contributed by atoms with Gasteiger partial charge in [0.05, 0.1) is 21.3 Å². The summed E-state index contributed by atoms with van der Waals surface area (Å²) in [7, 11) is 4.19. The molecule has 0 saturated heterocycles. The minimum Gasteiger partial charge on any atom is -0.497 e. The first-order chi connectivity index (χ1) is 14.9. The molecule has 0 radical (unpaired) electrons. The molecule has 0 heterocycles. The molecule has 0 aromatic heterocycles. The van der Waals surface area contributed by atoms with E-state index in [4.69, 9.17) is 18.9 Å². The van der Waals surface area contributed by atoms with Gasteiger partial charge in [0.25, 0.3) is 0 Å². The number of carbonyl (C=O) groups is 2. The molecule has 31 heavy (non-hydrogen) atoms. The van der Waals surface area contributed by atoms with Crippen LogP contribution in [0.3, 0.4) is 0 Å². The van der Waals surface area contributed by atoms with Gasteiger partial charge in [-0.05, 0) is 30.7 Å². The van der Waals surface area contributed by atoms with Crippen molar-refractivity contribution in [3.8, 4) is 11.5 Å². The van der Waals surface area contributed by atoms with Crippen LogP contribution in [-0.4, -0.2) is 44.3 Å². The second kappa shape index (κ2) is 9.66. The second-order valence-corrected chi connectivity index (χ2v) is 7.21. The van der Waals surface area contributed by atoms with Crippen LogP contribution in [0.1, 0.15) is 24.0 Å². The molecule has 1 N–H and O–H groups in total. The summed E-state index contributed by atoms with van der Waals surface area (Å²) in [5.41, 5.74) is 1.52. The van der Waals surface area contributed by atoms with E-state index in [9.17, 15) is 14.7 Å². The highest BCUT2D eigenvalue weighted by Crippen LogP contribution is 2.44. The quantitative estimate of drug-likeness (QED) is 0.538. The maximum atomic E-state index is 13.2. The highest BCUT2D eigenvalue weighted by molar-refractivity contribution is 6.10. The molecule has 0 unspecified atom stereocenters. The highest BCUT2D eigenvalue weighted by atomic mass is 16.5. The van der Waals surface area contributed by atoms with E-state index < -0.39 is 29.7 Å². The maximum absolute atomic E-state index is 13.2. The lowest BCUT2D eigenvalue weighted by Gasteiger charge is -2.36. The Kier molecular flexibility index (Phi) is 6.97. The van der Waals surface area contributed by atoms with Crippen LogP contribution in [0.5, 0.6) is 11.5 Å². The third-order valence-corrected chi connectivity index (χ3v) is 5.48. The summed E-state index contributed by atoms with van der Waals surface area (Å²) in [6, 6.07) is 14.4. The molecule has 0 aliphatic heterocycles. The topological polar surface area (TPSA) is 91.3 Å². The van der Waals surface area contributed by atoms with Crippen LogP contribution in [0.4, 0.5) is 0 Å².